The van der Waals surface area contributed by atoms with Crippen molar-refractivity contribution in [3.05, 3.63) is 41.9 Å². The van der Waals surface area contributed by atoms with Gasteiger partial charge in [-0.25, -0.2) is 9.97 Å². The summed E-state index contributed by atoms with van der Waals surface area (Å²) in [6.45, 7) is 6.45. The third kappa shape index (κ3) is 6.52. The Morgan fingerprint density at radius 3 is 2.72 bits per heavy atom. The third-order valence-corrected chi connectivity index (χ3v) is 7.90. The van der Waals surface area contributed by atoms with Crippen LogP contribution < -0.4 is 4.74 Å². The van der Waals surface area contributed by atoms with Crippen LogP contribution in [0, 0.1) is 24.2 Å². The number of ether oxygens (including phenoxy) is 2. The molecule has 9 nitrogen and oxygen atoms in total. The first kappa shape index (κ1) is 28.8. The van der Waals surface area contributed by atoms with E-state index in [1.807, 2.05) is 53.9 Å². The maximum Gasteiger partial charge on any atom is 0.242 e. The van der Waals surface area contributed by atoms with Crippen LogP contribution in [0.1, 0.15) is 37.1 Å². The summed E-state index contributed by atoms with van der Waals surface area (Å²) in [6, 6.07) is 10.2. The van der Waals surface area contributed by atoms with Gasteiger partial charge in [0.2, 0.25) is 11.7 Å². The molecule has 2 aliphatic heterocycles. The van der Waals surface area contributed by atoms with E-state index in [1.165, 1.54) is 0 Å². The minimum atomic E-state index is 0. The van der Waals surface area contributed by atoms with Crippen molar-refractivity contribution in [1.29, 1.82) is 5.26 Å². The molecule has 0 aliphatic carbocycles. The zero-order valence-corrected chi connectivity index (χ0v) is 23.7. The monoisotopic (exact) mass is 552 g/mol. The fourth-order valence-electron chi connectivity index (χ4n) is 5.48. The van der Waals surface area contributed by atoms with Gasteiger partial charge in [0.25, 0.3) is 0 Å². The number of carbonyl (C=O) groups is 1. The van der Waals surface area contributed by atoms with E-state index in [0.29, 0.717) is 23.9 Å². The van der Waals surface area contributed by atoms with Crippen molar-refractivity contribution < 1.29 is 14.3 Å². The van der Waals surface area contributed by atoms with Gasteiger partial charge in [0.05, 0.1) is 12.3 Å². The van der Waals surface area contributed by atoms with Crippen molar-refractivity contribution in [2.45, 2.75) is 45.2 Å². The molecule has 208 valence electrons. The summed E-state index contributed by atoms with van der Waals surface area (Å²) in [5.41, 5.74) is 3.17. The normalized spacial score (nSPS) is 18.1. The van der Waals surface area contributed by atoms with Gasteiger partial charge < -0.3 is 23.8 Å². The molecule has 5 rings (SSSR count). The fraction of sp³-hybridized carbons (Fsp3) is 0.517. The number of nitrogens with zero attached hydrogens (tertiary/aromatic N) is 6. The highest BCUT2D eigenvalue weighted by atomic mass is 35.5. The number of hydrogen-bond donors (Lipinski definition) is 0. The number of hydrogen-bond acceptors (Lipinski definition) is 7. The number of benzene rings is 1. The Morgan fingerprint density at radius 2 is 2.03 bits per heavy atom. The first-order chi connectivity index (χ1) is 18.4. The van der Waals surface area contributed by atoms with E-state index in [-0.39, 0.29) is 36.7 Å². The molecule has 1 amide bonds. The number of aryl methyl sites for hydroxylation is 1. The number of aromatic nitrogens is 3. The van der Waals surface area contributed by atoms with Crippen molar-refractivity contribution in [3.8, 4) is 23.1 Å². The lowest BCUT2D eigenvalue weighted by molar-refractivity contribution is -0.132. The van der Waals surface area contributed by atoms with Gasteiger partial charge in [0.1, 0.15) is 24.0 Å². The molecular weight excluding hydrogens is 516 g/mol. The Labute approximate surface area is 236 Å². The van der Waals surface area contributed by atoms with E-state index in [9.17, 15) is 10.1 Å². The highest BCUT2D eigenvalue weighted by Crippen LogP contribution is 2.31. The predicted octanol–water partition coefficient (Wildman–Crippen LogP) is 4.06. The minimum Gasteiger partial charge on any atom is -0.493 e. The molecule has 10 heteroatoms. The molecule has 0 bridgehead atoms. The average molecular weight is 553 g/mol. The van der Waals surface area contributed by atoms with Gasteiger partial charge in [0, 0.05) is 50.0 Å². The molecule has 4 heterocycles. The molecule has 1 aromatic carbocycles. The Kier molecular flexibility index (Phi) is 9.44. The average Bonchev–Trinajstić information content (AvgIpc) is 3.55. The molecule has 0 radical (unpaired) electrons. The quantitative estimate of drug-likeness (QED) is 0.416. The lowest BCUT2D eigenvalue weighted by atomic mass is 9.97. The first-order valence-corrected chi connectivity index (χ1v) is 13.5. The predicted molar refractivity (Wildman–Crippen MR) is 152 cm³/mol. The van der Waals surface area contributed by atoms with E-state index in [1.54, 1.807) is 0 Å². The van der Waals surface area contributed by atoms with Crippen molar-refractivity contribution in [3.63, 3.8) is 0 Å². The molecule has 2 aromatic heterocycles. The van der Waals surface area contributed by atoms with E-state index >= 15 is 0 Å². The molecular formula is C29H37ClN6O3. The highest BCUT2D eigenvalue weighted by molar-refractivity contribution is 5.92. The van der Waals surface area contributed by atoms with Crippen LogP contribution in [-0.2, 0) is 16.1 Å². The summed E-state index contributed by atoms with van der Waals surface area (Å²) in [5.74, 6) is 1.63. The van der Waals surface area contributed by atoms with E-state index in [2.05, 4.69) is 28.0 Å². The zero-order valence-electron chi connectivity index (χ0n) is 22.9. The molecule has 1 unspecified atom stereocenters. The summed E-state index contributed by atoms with van der Waals surface area (Å²) in [6.07, 6.45) is 6.07. The summed E-state index contributed by atoms with van der Waals surface area (Å²) < 4.78 is 13.4. The second-order valence-electron chi connectivity index (χ2n) is 10.6. The molecule has 1 atom stereocenters. The summed E-state index contributed by atoms with van der Waals surface area (Å²) in [7, 11) is 3.95. The van der Waals surface area contributed by atoms with Crippen LogP contribution in [-0.4, -0.2) is 83.3 Å². The Hall–Kier alpha value is -3.19. The van der Waals surface area contributed by atoms with Crippen LogP contribution >= 0.6 is 12.4 Å². The molecule has 0 spiro atoms. The van der Waals surface area contributed by atoms with Gasteiger partial charge in [0.15, 0.2) is 0 Å². The maximum atomic E-state index is 13.1. The number of fused-ring (bicyclic) bond motifs is 1. The smallest absolute Gasteiger partial charge is 0.242 e. The maximum absolute atomic E-state index is 13.1. The largest absolute Gasteiger partial charge is 0.493 e. The number of amides is 1. The number of nitriles is 1. The molecule has 3 aromatic rings. The third-order valence-electron chi connectivity index (χ3n) is 7.90. The van der Waals surface area contributed by atoms with E-state index in [4.69, 9.17) is 9.47 Å². The van der Waals surface area contributed by atoms with Crippen molar-refractivity contribution in [2.75, 3.05) is 47.0 Å². The summed E-state index contributed by atoms with van der Waals surface area (Å²) in [4.78, 5) is 26.2. The SMILES string of the molecule is Cc1cc(-c2nc(C#N)nc3c2ccn3CC(=O)N(C)C2CCN(C)C2)ccc1OCCC1CCOCC1.Cl. The van der Waals surface area contributed by atoms with Crippen molar-refractivity contribution in [2.24, 2.45) is 5.92 Å². The number of rotatable bonds is 8. The number of halogens is 1. The van der Waals surface area contributed by atoms with Crippen LogP contribution in [0.5, 0.6) is 5.75 Å². The van der Waals surface area contributed by atoms with Gasteiger partial charge in [-0.05, 0) is 81.9 Å². The van der Waals surface area contributed by atoms with Crippen molar-refractivity contribution in [1.82, 2.24) is 24.3 Å². The minimum absolute atomic E-state index is 0. The number of likely N-dealkylation sites (N-methyl/N-ethyl adjacent to an activating group) is 2. The van der Waals surface area contributed by atoms with Gasteiger partial charge in [-0.15, -0.1) is 12.4 Å². The van der Waals surface area contributed by atoms with E-state index < -0.39 is 0 Å². The Balaban J connectivity index is 0.00000353. The fourth-order valence-corrected chi connectivity index (χ4v) is 5.48. The Bertz CT molecular complexity index is 1350. The molecule has 2 fully saturated rings. The van der Waals surface area contributed by atoms with Crippen LogP contribution in [0.4, 0.5) is 0 Å². The van der Waals surface area contributed by atoms with Gasteiger partial charge in [-0.3, -0.25) is 4.79 Å². The lowest BCUT2D eigenvalue weighted by Gasteiger charge is -2.24. The lowest BCUT2D eigenvalue weighted by Crippen LogP contribution is -2.40. The van der Waals surface area contributed by atoms with Gasteiger partial charge >= 0.3 is 0 Å². The number of likely N-dealkylation sites (tertiary alicyclic amines) is 1. The van der Waals surface area contributed by atoms with E-state index in [0.717, 1.165) is 74.2 Å². The molecule has 2 saturated heterocycles. The summed E-state index contributed by atoms with van der Waals surface area (Å²) >= 11 is 0. The molecule has 0 saturated carbocycles. The highest BCUT2D eigenvalue weighted by Gasteiger charge is 2.27. The second kappa shape index (κ2) is 12.8. The van der Waals surface area contributed by atoms with Gasteiger partial charge in [-0.1, -0.05) is 0 Å². The van der Waals surface area contributed by atoms with Crippen molar-refractivity contribution >= 4 is 29.3 Å². The van der Waals surface area contributed by atoms with Crippen LogP contribution in [0.15, 0.2) is 30.5 Å². The van der Waals surface area contributed by atoms with Crippen LogP contribution in [0.3, 0.4) is 0 Å². The molecule has 2 aliphatic rings. The van der Waals surface area contributed by atoms with Crippen LogP contribution in [0.2, 0.25) is 0 Å². The topological polar surface area (TPSA) is 96.5 Å². The Morgan fingerprint density at radius 1 is 1.23 bits per heavy atom. The first-order valence-electron chi connectivity index (χ1n) is 13.5. The van der Waals surface area contributed by atoms with Crippen LogP contribution in [0.25, 0.3) is 22.3 Å². The standard InChI is InChI=1S/C29H36N6O3.ClH/c1-20-16-22(4-5-25(20)38-15-10-21-8-13-37-14-9-21)28-24-7-12-35(29(24)32-26(17-30)31-28)19-27(36)34(3)23-6-11-33(2)18-23;/h4-5,7,12,16,21,23H,6,8-11,13-15,18-19H2,1-3H3;1H. The summed E-state index contributed by atoms with van der Waals surface area (Å²) in [5, 5.41) is 10.5. The zero-order chi connectivity index (χ0) is 26.6. The number of carbonyl (C=O) groups excluding carboxylic acids is 1. The second-order valence-corrected chi connectivity index (χ2v) is 10.6. The molecule has 0 N–H and O–H groups in total. The molecule has 39 heavy (non-hydrogen) atoms. The van der Waals surface area contributed by atoms with Gasteiger partial charge in [-0.2, -0.15) is 5.26 Å².